The summed E-state index contributed by atoms with van der Waals surface area (Å²) in [5, 5.41) is 20.8. The smallest absolute Gasteiger partial charge is 0.192 e. The minimum atomic E-state index is -1.96. The van der Waals surface area contributed by atoms with Crippen molar-refractivity contribution < 1.29 is 14.6 Å². The minimum absolute atomic E-state index is 0.00524. The standard InChI is InChI=1S/C22H34O3Si/c1-7-14-8-9-16-18(10-14)19-12-17(15(13-23)11-20(19)24)21(16)25-26(5,6)22(2,3)4/h7-10,15,17,19-21,23-24H,1,11-13H2,2-6H3/t15-,17+,19+,20-,21+/m0/s1. The molecule has 2 aliphatic carbocycles. The van der Waals surface area contributed by atoms with Gasteiger partial charge in [-0.05, 0) is 59.5 Å². The van der Waals surface area contributed by atoms with Crippen LogP contribution >= 0.6 is 0 Å². The van der Waals surface area contributed by atoms with Gasteiger partial charge >= 0.3 is 0 Å². The van der Waals surface area contributed by atoms with Gasteiger partial charge < -0.3 is 14.6 Å². The molecule has 0 radical (unpaired) electrons. The molecule has 0 amide bonds. The molecule has 5 atom stereocenters. The van der Waals surface area contributed by atoms with Crippen molar-refractivity contribution in [2.75, 3.05) is 6.61 Å². The number of aliphatic hydroxyl groups excluding tert-OH is 2. The van der Waals surface area contributed by atoms with Crippen molar-refractivity contribution >= 4 is 14.4 Å². The Morgan fingerprint density at radius 2 is 1.92 bits per heavy atom. The number of aliphatic hydroxyl groups is 2. The highest BCUT2D eigenvalue weighted by atomic mass is 28.4. The zero-order valence-corrected chi connectivity index (χ0v) is 17.8. The summed E-state index contributed by atoms with van der Waals surface area (Å²) in [4.78, 5) is 0. The molecule has 26 heavy (non-hydrogen) atoms. The number of hydrogen-bond donors (Lipinski definition) is 2. The molecule has 1 saturated carbocycles. The Morgan fingerprint density at radius 3 is 2.50 bits per heavy atom. The van der Waals surface area contributed by atoms with Crippen LogP contribution < -0.4 is 0 Å². The Bertz CT molecular complexity index is 676. The van der Waals surface area contributed by atoms with Crippen LogP contribution in [-0.4, -0.2) is 31.2 Å². The van der Waals surface area contributed by atoms with Crippen LogP contribution in [0.1, 0.15) is 62.3 Å². The van der Waals surface area contributed by atoms with E-state index in [2.05, 4.69) is 58.6 Å². The Kier molecular flexibility index (Phi) is 5.26. The Labute approximate surface area is 159 Å². The quantitative estimate of drug-likeness (QED) is 0.739. The molecule has 2 aliphatic rings. The van der Waals surface area contributed by atoms with E-state index in [4.69, 9.17) is 4.43 Å². The summed E-state index contributed by atoms with van der Waals surface area (Å²) in [7, 11) is -1.96. The maximum absolute atomic E-state index is 10.7. The van der Waals surface area contributed by atoms with E-state index in [9.17, 15) is 10.2 Å². The van der Waals surface area contributed by atoms with Crippen molar-refractivity contribution in [3.8, 4) is 0 Å². The third-order valence-electron chi connectivity index (χ3n) is 7.04. The van der Waals surface area contributed by atoms with Gasteiger partial charge in [0.2, 0.25) is 0 Å². The lowest BCUT2D eigenvalue weighted by atomic mass is 9.62. The van der Waals surface area contributed by atoms with Crippen LogP contribution in [0.15, 0.2) is 24.8 Å². The van der Waals surface area contributed by atoms with Crippen molar-refractivity contribution in [2.45, 2.75) is 69.9 Å². The van der Waals surface area contributed by atoms with E-state index in [0.29, 0.717) is 6.42 Å². The third kappa shape index (κ3) is 3.33. The van der Waals surface area contributed by atoms with E-state index in [1.54, 1.807) is 0 Å². The fraction of sp³-hybridized carbons (Fsp3) is 0.636. The second kappa shape index (κ2) is 6.90. The highest BCUT2D eigenvalue weighted by Gasteiger charge is 2.49. The van der Waals surface area contributed by atoms with Gasteiger partial charge in [-0.25, -0.2) is 0 Å². The molecule has 0 unspecified atom stereocenters. The summed E-state index contributed by atoms with van der Waals surface area (Å²) in [5.74, 6) is 0.504. The average molecular weight is 375 g/mol. The molecular weight excluding hydrogens is 340 g/mol. The van der Waals surface area contributed by atoms with Crippen LogP contribution in [0.2, 0.25) is 18.1 Å². The number of hydrogen-bond acceptors (Lipinski definition) is 3. The second-order valence-electron chi connectivity index (χ2n) is 9.64. The van der Waals surface area contributed by atoms with Gasteiger partial charge in [0.25, 0.3) is 0 Å². The first-order chi connectivity index (χ1) is 12.1. The van der Waals surface area contributed by atoms with E-state index in [-0.39, 0.29) is 35.5 Å². The molecule has 2 bridgehead atoms. The number of benzene rings is 1. The summed E-state index contributed by atoms with van der Waals surface area (Å²) in [6, 6.07) is 6.43. The molecule has 2 N–H and O–H groups in total. The van der Waals surface area contributed by atoms with Gasteiger partial charge in [0.05, 0.1) is 12.2 Å². The predicted octanol–water partition coefficient (Wildman–Crippen LogP) is 4.87. The van der Waals surface area contributed by atoms with Crippen LogP contribution in [0.25, 0.3) is 6.08 Å². The molecule has 1 aromatic rings. The molecule has 3 rings (SSSR count). The van der Waals surface area contributed by atoms with Crippen LogP contribution in [0.3, 0.4) is 0 Å². The Balaban J connectivity index is 2.08. The van der Waals surface area contributed by atoms with Gasteiger partial charge in [-0.1, -0.05) is 51.6 Å². The molecule has 0 aliphatic heterocycles. The largest absolute Gasteiger partial charge is 0.410 e. The second-order valence-corrected chi connectivity index (χ2v) is 14.4. The minimum Gasteiger partial charge on any atom is -0.410 e. The fourth-order valence-corrected chi connectivity index (χ4v) is 5.67. The normalized spacial score (nSPS) is 31.4. The van der Waals surface area contributed by atoms with E-state index in [1.807, 2.05) is 6.08 Å². The highest BCUT2D eigenvalue weighted by molar-refractivity contribution is 6.74. The Morgan fingerprint density at radius 1 is 1.23 bits per heavy atom. The molecule has 3 nitrogen and oxygen atoms in total. The predicted molar refractivity (Wildman–Crippen MR) is 110 cm³/mol. The molecule has 0 saturated heterocycles. The molecule has 0 aromatic heterocycles. The molecule has 0 heterocycles. The van der Waals surface area contributed by atoms with E-state index in [1.165, 1.54) is 11.1 Å². The number of rotatable bonds is 4. The van der Waals surface area contributed by atoms with Crippen LogP contribution in [0.5, 0.6) is 0 Å². The van der Waals surface area contributed by atoms with Gasteiger partial charge in [-0.2, -0.15) is 0 Å². The maximum atomic E-state index is 10.7. The first kappa shape index (κ1) is 19.8. The van der Waals surface area contributed by atoms with Crippen molar-refractivity contribution in [1.29, 1.82) is 0 Å². The van der Waals surface area contributed by atoms with E-state index in [0.717, 1.165) is 12.0 Å². The summed E-state index contributed by atoms with van der Waals surface area (Å²) >= 11 is 0. The van der Waals surface area contributed by atoms with Crippen molar-refractivity contribution in [1.82, 2.24) is 0 Å². The summed E-state index contributed by atoms with van der Waals surface area (Å²) < 4.78 is 6.92. The Hall–Kier alpha value is -0.943. The lowest BCUT2D eigenvalue weighted by Gasteiger charge is -2.51. The van der Waals surface area contributed by atoms with Crippen LogP contribution in [0, 0.1) is 11.8 Å². The molecular formula is C22H34O3Si. The summed E-state index contributed by atoms with van der Waals surface area (Å²) in [6.45, 7) is 15.4. The highest BCUT2D eigenvalue weighted by Crippen LogP contribution is 2.54. The molecule has 0 spiro atoms. The van der Waals surface area contributed by atoms with Crippen molar-refractivity contribution in [3.63, 3.8) is 0 Å². The van der Waals surface area contributed by atoms with E-state index < -0.39 is 14.4 Å². The van der Waals surface area contributed by atoms with Gasteiger partial charge in [-0.15, -0.1) is 0 Å². The number of fused-ring (bicyclic) bond motifs is 4. The van der Waals surface area contributed by atoms with Gasteiger partial charge in [-0.3, -0.25) is 0 Å². The molecule has 1 aromatic carbocycles. The molecule has 144 valence electrons. The van der Waals surface area contributed by atoms with Crippen LogP contribution in [0.4, 0.5) is 0 Å². The molecule has 1 fully saturated rings. The summed E-state index contributed by atoms with van der Waals surface area (Å²) in [5.41, 5.74) is 3.51. The fourth-order valence-electron chi connectivity index (χ4n) is 4.38. The maximum Gasteiger partial charge on any atom is 0.192 e. The van der Waals surface area contributed by atoms with Gasteiger partial charge in [0.1, 0.15) is 0 Å². The topological polar surface area (TPSA) is 49.7 Å². The first-order valence-electron chi connectivity index (χ1n) is 9.82. The third-order valence-corrected chi connectivity index (χ3v) is 11.5. The van der Waals surface area contributed by atoms with Crippen molar-refractivity contribution in [3.05, 3.63) is 41.5 Å². The summed E-state index contributed by atoms with van der Waals surface area (Å²) in [6.07, 6.45) is 3.02. The van der Waals surface area contributed by atoms with Crippen LogP contribution in [-0.2, 0) is 4.43 Å². The lowest BCUT2D eigenvalue weighted by Crippen LogP contribution is -2.48. The SMILES string of the molecule is C=Cc1ccc2c(c1)[C@H]1C[C@H]([C@H](CO)C[C@@H]1O)[C@@H]2O[Si](C)(C)C(C)(C)C. The zero-order valence-electron chi connectivity index (χ0n) is 16.8. The van der Waals surface area contributed by atoms with Gasteiger partial charge in [0, 0.05) is 12.5 Å². The monoisotopic (exact) mass is 374 g/mol. The average Bonchev–Trinajstić information content (AvgIpc) is 2.58. The molecule has 4 heteroatoms. The van der Waals surface area contributed by atoms with Gasteiger partial charge in [0.15, 0.2) is 8.32 Å². The lowest BCUT2D eigenvalue weighted by molar-refractivity contribution is -0.0376. The van der Waals surface area contributed by atoms with Crippen molar-refractivity contribution in [2.24, 2.45) is 11.8 Å². The zero-order chi connectivity index (χ0) is 19.3. The van der Waals surface area contributed by atoms with E-state index >= 15 is 0 Å². The first-order valence-corrected chi connectivity index (χ1v) is 12.7.